The largest absolute Gasteiger partial charge is 0.465 e. The van der Waals surface area contributed by atoms with Crippen LogP contribution in [-0.2, 0) is 14.3 Å². The van der Waals surface area contributed by atoms with Crippen molar-refractivity contribution in [1.82, 2.24) is 4.90 Å². The molecule has 0 bridgehead atoms. The zero-order valence-electron chi connectivity index (χ0n) is 14.1. The number of non-ortho nitro benzene ring substituents is 1. The van der Waals surface area contributed by atoms with Crippen molar-refractivity contribution in [2.24, 2.45) is 5.92 Å². The van der Waals surface area contributed by atoms with E-state index in [1.54, 1.807) is 4.90 Å². The second-order valence-electron chi connectivity index (χ2n) is 6.05. The van der Waals surface area contributed by atoms with Gasteiger partial charge in [0, 0.05) is 36.8 Å². The van der Waals surface area contributed by atoms with Crippen molar-refractivity contribution in [2.45, 2.75) is 26.3 Å². The Hall–Kier alpha value is -2.97. The standard InChI is InChI=1S/C16H19N3O6/c1-9(2)18-8-11(6-14(18)20)15(21)17-12-4-10(16(22)25-3)5-13(7-12)19(23)24/h4-5,7,9,11H,6,8H2,1-3H3,(H,17,21)/t11-/m0/s1. The molecule has 1 fully saturated rings. The number of likely N-dealkylation sites (tertiary alicyclic amines) is 1. The van der Waals surface area contributed by atoms with E-state index in [4.69, 9.17) is 0 Å². The van der Waals surface area contributed by atoms with Gasteiger partial charge >= 0.3 is 5.97 Å². The Balaban J connectivity index is 2.20. The number of hydrogen-bond donors (Lipinski definition) is 1. The van der Waals surface area contributed by atoms with Crippen LogP contribution in [0.1, 0.15) is 30.6 Å². The molecule has 2 amide bonds. The van der Waals surface area contributed by atoms with Crippen LogP contribution < -0.4 is 5.32 Å². The van der Waals surface area contributed by atoms with Crippen molar-refractivity contribution >= 4 is 29.2 Å². The second kappa shape index (κ2) is 7.29. The molecule has 0 radical (unpaired) electrons. The van der Waals surface area contributed by atoms with Crippen molar-refractivity contribution in [3.05, 3.63) is 33.9 Å². The van der Waals surface area contributed by atoms with Gasteiger partial charge in [-0.25, -0.2) is 4.79 Å². The zero-order valence-corrected chi connectivity index (χ0v) is 14.1. The Morgan fingerprint density at radius 3 is 2.56 bits per heavy atom. The fraction of sp³-hybridized carbons (Fsp3) is 0.438. The molecule has 1 aromatic rings. The van der Waals surface area contributed by atoms with E-state index in [-0.39, 0.29) is 35.3 Å². The van der Waals surface area contributed by atoms with Gasteiger partial charge in [0.05, 0.1) is 23.5 Å². The van der Waals surface area contributed by atoms with Crippen LogP contribution in [0.3, 0.4) is 0 Å². The lowest BCUT2D eigenvalue weighted by Gasteiger charge is -2.20. The third-order valence-electron chi connectivity index (χ3n) is 3.97. The zero-order chi connectivity index (χ0) is 18.7. The minimum absolute atomic E-state index is 0.00552. The number of carbonyl (C=O) groups excluding carboxylic acids is 3. The number of hydrogen-bond acceptors (Lipinski definition) is 6. The first kappa shape index (κ1) is 18.4. The number of ether oxygens (including phenoxy) is 1. The minimum atomic E-state index is -0.749. The Bertz CT molecular complexity index is 731. The summed E-state index contributed by atoms with van der Waals surface area (Å²) in [5.74, 6) is -1.82. The minimum Gasteiger partial charge on any atom is -0.465 e. The summed E-state index contributed by atoms with van der Waals surface area (Å²) in [7, 11) is 1.16. The summed E-state index contributed by atoms with van der Waals surface area (Å²) >= 11 is 0. The summed E-state index contributed by atoms with van der Waals surface area (Å²) in [6, 6.07) is 3.52. The van der Waals surface area contributed by atoms with Gasteiger partial charge in [-0.05, 0) is 19.9 Å². The number of nitro groups is 1. The van der Waals surface area contributed by atoms with Crippen LogP contribution in [0.25, 0.3) is 0 Å². The number of benzene rings is 1. The van der Waals surface area contributed by atoms with E-state index in [1.165, 1.54) is 6.07 Å². The summed E-state index contributed by atoms with van der Waals surface area (Å²) in [5, 5.41) is 13.6. The first-order valence-corrected chi connectivity index (χ1v) is 7.71. The van der Waals surface area contributed by atoms with E-state index >= 15 is 0 Å². The predicted molar refractivity (Wildman–Crippen MR) is 88.0 cm³/mol. The number of carbonyl (C=O) groups is 3. The molecule has 9 nitrogen and oxygen atoms in total. The van der Waals surface area contributed by atoms with Gasteiger partial charge in [0.15, 0.2) is 0 Å². The number of nitrogens with one attached hydrogen (secondary N) is 1. The highest BCUT2D eigenvalue weighted by Gasteiger charge is 2.35. The molecule has 1 N–H and O–H groups in total. The topological polar surface area (TPSA) is 119 Å². The molecule has 1 aromatic carbocycles. The number of nitro benzene ring substituents is 1. The molecule has 0 unspecified atom stereocenters. The molecular formula is C16H19N3O6. The van der Waals surface area contributed by atoms with Gasteiger partial charge in [0.1, 0.15) is 0 Å². The van der Waals surface area contributed by atoms with Crippen molar-refractivity contribution in [2.75, 3.05) is 19.0 Å². The highest BCUT2D eigenvalue weighted by atomic mass is 16.6. The van der Waals surface area contributed by atoms with Crippen molar-refractivity contribution in [3.63, 3.8) is 0 Å². The lowest BCUT2D eigenvalue weighted by atomic mass is 10.1. The van der Waals surface area contributed by atoms with Crippen molar-refractivity contribution < 1.29 is 24.0 Å². The maximum atomic E-state index is 12.4. The van der Waals surface area contributed by atoms with E-state index < -0.39 is 22.7 Å². The first-order valence-electron chi connectivity index (χ1n) is 7.71. The summed E-state index contributed by atoms with van der Waals surface area (Å²) in [6.45, 7) is 4.02. The number of nitrogens with zero attached hydrogens (tertiary/aromatic N) is 2. The molecule has 0 saturated carbocycles. The molecule has 2 rings (SSSR count). The Labute approximate surface area is 144 Å². The highest BCUT2D eigenvalue weighted by molar-refractivity contribution is 5.99. The monoisotopic (exact) mass is 349 g/mol. The van der Waals surface area contributed by atoms with Crippen LogP contribution in [0.5, 0.6) is 0 Å². The molecule has 1 aliphatic rings. The van der Waals surface area contributed by atoms with Gasteiger partial charge in [-0.1, -0.05) is 0 Å². The van der Waals surface area contributed by atoms with E-state index in [0.717, 1.165) is 19.2 Å². The maximum absolute atomic E-state index is 12.4. The van der Waals surface area contributed by atoms with Crippen LogP contribution in [0.15, 0.2) is 18.2 Å². The molecule has 1 heterocycles. The molecule has 9 heteroatoms. The molecule has 134 valence electrons. The van der Waals surface area contributed by atoms with Crippen molar-refractivity contribution in [1.29, 1.82) is 0 Å². The normalized spacial score (nSPS) is 16.9. The summed E-state index contributed by atoms with van der Waals surface area (Å²) in [4.78, 5) is 47.9. The fourth-order valence-electron chi connectivity index (χ4n) is 2.68. The number of esters is 1. The summed E-state index contributed by atoms with van der Waals surface area (Å²) in [5.41, 5.74) is -0.280. The van der Waals surface area contributed by atoms with Crippen LogP contribution in [0, 0.1) is 16.0 Å². The van der Waals surface area contributed by atoms with Crippen molar-refractivity contribution in [3.8, 4) is 0 Å². The molecule has 1 atom stereocenters. The summed E-state index contributed by atoms with van der Waals surface area (Å²) < 4.78 is 4.56. The molecule has 0 spiro atoms. The van der Waals surface area contributed by atoms with Crippen LogP contribution in [-0.4, -0.2) is 47.3 Å². The van der Waals surface area contributed by atoms with Gasteiger partial charge in [-0.2, -0.15) is 0 Å². The Morgan fingerprint density at radius 1 is 1.36 bits per heavy atom. The first-order chi connectivity index (χ1) is 11.7. The SMILES string of the molecule is COC(=O)c1cc(NC(=O)[C@H]2CC(=O)N(C(C)C)C2)cc([N+](=O)[O-])c1. The van der Waals surface area contributed by atoms with E-state index in [1.807, 2.05) is 13.8 Å². The van der Waals surface area contributed by atoms with Gasteiger partial charge in [0.2, 0.25) is 11.8 Å². The van der Waals surface area contributed by atoms with E-state index in [9.17, 15) is 24.5 Å². The average Bonchev–Trinajstić information content (AvgIpc) is 2.96. The van der Waals surface area contributed by atoms with Gasteiger partial charge in [-0.15, -0.1) is 0 Å². The van der Waals surface area contributed by atoms with Crippen LogP contribution in [0.4, 0.5) is 11.4 Å². The molecule has 1 saturated heterocycles. The predicted octanol–water partition coefficient (Wildman–Crippen LogP) is 1.58. The van der Waals surface area contributed by atoms with Crippen LogP contribution in [0.2, 0.25) is 0 Å². The second-order valence-corrected chi connectivity index (χ2v) is 6.05. The van der Waals surface area contributed by atoms with Gasteiger partial charge < -0.3 is 15.0 Å². The lowest BCUT2D eigenvalue weighted by molar-refractivity contribution is -0.384. The number of anilines is 1. The molecule has 0 aromatic heterocycles. The molecule has 25 heavy (non-hydrogen) atoms. The van der Waals surface area contributed by atoms with E-state index in [2.05, 4.69) is 10.1 Å². The lowest BCUT2D eigenvalue weighted by Crippen LogP contribution is -2.33. The average molecular weight is 349 g/mol. The van der Waals surface area contributed by atoms with Crippen LogP contribution >= 0.6 is 0 Å². The third kappa shape index (κ3) is 4.11. The molecule has 1 aliphatic heterocycles. The van der Waals surface area contributed by atoms with Gasteiger partial charge in [-0.3, -0.25) is 19.7 Å². The number of rotatable bonds is 5. The smallest absolute Gasteiger partial charge is 0.338 e. The maximum Gasteiger partial charge on any atom is 0.338 e. The molecule has 0 aliphatic carbocycles. The van der Waals surface area contributed by atoms with Gasteiger partial charge in [0.25, 0.3) is 5.69 Å². The quantitative estimate of drug-likeness (QED) is 0.490. The highest BCUT2D eigenvalue weighted by Crippen LogP contribution is 2.25. The van der Waals surface area contributed by atoms with E-state index in [0.29, 0.717) is 6.54 Å². The fourth-order valence-corrected chi connectivity index (χ4v) is 2.68. The summed E-state index contributed by atoms with van der Waals surface area (Å²) in [6.07, 6.45) is 0.0861. The Kier molecular flexibility index (Phi) is 5.35. The third-order valence-corrected chi connectivity index (χ3v) is 3.97. The molecular weight excluding hydrogens is 330 g/mol. The number of methoxy groups -OCH3 is 1. The number of amides is 2. The Morgan fingerprint density at radius 2 is 2.04 bits per heavy atom.